The van der Waals surface area contributed by atoms with Crippen LogP contribution in [0.5, 0.6) is 0 Å². The van der Waals surface area contributed by atoms with E-state index in [9.17, 15) is 14.0 Å². The number of benzene rings is 1. The molecule has 2 aromatic rings. The summed E-state index contributed by atoms with van der Waals surface area (Å²) in [4.78, 5) is 26.5. The quantitative estimate of drug-likeness (QED) is 0.705. The second kappa shape index (κ2) is 9.45. The van der Waals surface area contributed by atoms with E-state index in [1.54, 1.807) is 17.0 Å². The predicted octanol–water partition coefficient (Wildman–Crippen LogP) is 2.54. The molecule has 1 atom stereocenters. The minimum absolute atomic E-state index is 0.0335. The van der Waals surface area contributed by atoms with E-state index in [1.807, 2.05) is 31.4 Å². The van der Waals surface area contributed by atoms with Crippen LogP contribution in [-0.2, 0) is 9.59 Å². The van der Waals surface area contributed by atoms with E-state index >= 15 is 0 Å². The molecule has 1 aromatic carbocycles. The number of carbonyl (C=O) groups excluding carboxylic acids is 2. The highest BCUT2D eigenvalue weighted by molar-refractivity contribution is 7.10. The fraction of sp³-hybridized carbons (Fsp3) is 0.368. The molecule has 0 saturated carbocycles. The van der Waals surface area contributed by atoms with Crippen molar-refractivity contribution in [3.63, 3.8) is 0 Å². The normalized spacial score (nSPS) is 12.3. The van der Waals surface area contributed by atoms with Gasteiger partial charge in [0.15, 0.2) is 0 Å². The molecular weight excluding hydrogens is 353 g/mol. The minimum atomic E-state index is -0.466. The van der Waals surface area contributed by atoms with Gasteiger partial charge in [-0.25, -0.2) is 4.39 Å². The highest BCUT2D eigenvalue weighted by Crippen LogP contribution is 2.26. The highest BCUT2D eigenvalue weighted by Gasteiger charge is 2.20. The van der Waals surface area contributed by atoms with Crippen LogP contribution >= 0.6 is 11.3 Å². The molecule has 0 bridgehead atoms. The Labute approximate surface area is 157 Å². The number of nitrogens with one attached hydrogen (secondary N) is 1. The molecule has 5 nitrogen and oxygen atoms in total. The number of primary amides is 1. The summed E-state index contributed by atoms with van der Waals surface area (Å²) in [6, 6.07) is 9.54. The number of carbonyl (C=O) groups is 2. The molecule has 2 amide bonds. The summed E-state index contributed by atoms with van der Waals surface area (Å²) >= 11 is 1.52. The number of amides is 2. The zero-order chi connectivity index (χ0) is 19.1. The van der Waals surface area contributed by atoms with Crippen molar-refractivity contribution in [1.82, 2.24) is 10.2 Å². The number of thiophene rings is 1. The van der Waals surface area contributed by atoms with Gasteiger partial charge in [-0.3, -0.25) is 14.5 Å². The zero-order valence-corrected chi connectivity index (χ0v) is 15.8. The Morgan fingerprint density at radius 1 is 1.19 bits per heavy atom. The molecule has 0 radical (unpaired) electrons. The van der Waals surface area contributed by atoms with Crippen molar-refractivity contribution in [2.45, 2.75) is 19.9 Å². The molecule has 0 spiro atoms. The smallest absolute Gasteiger partial charge is 0.234 e. The Kier molecular flexibility index (Phi) is 7.29. The molecular formula is C19H24FN3O2S. The summed E-state index contributed by atoms with van der Waals surface area (Å²) < 4.78 is 13.2. The van der Waals surface area contributed by atoms with Crippen molar-refractivity contribution < 1.29 is 14.0 Å². The maximum Gasteiger partial charge on any atom is 0.234 e. The predicted molar refractivity (Wildman–Crippen MR) is 101 cm³/mol. The van der Waals surface area contributed by atoms with Gasteiger partial charge < -0.3 is 11.1 Å². The Morgan fingerprint density at radius 2 is 1.88 bits per heavy atom. The standard InChI is InChI=1S/C19H24FN3O2S/c1-13(2)10-23(11-17(21)24)12-18(25)22-19(16-4-3-9-26-16)14-5-7-15(20)8-6-14/h3-9,13,19H,10-12H2,1-2H3,(H2,21,24)(H,22,25). The fourth-order valence-corrected chi connectivity index (χ4v) is 3.56. The number of hydrogen-bond donors (Lipinski definition) is 2. The maximum absolute atomic E-state index is 13.2. The maximum atomic E-state index is 13.2. The van der Waals surface area contributed by atoms with Gasteiger partial charge in [0.05, 0.1) is 19.1 Å². The summed E-state index contributed by atoms with van der Waals surface area (Å²) in [6.45, 7) is 4.73. The van der Waals surface area contributed by atoms with Crippen molar-refractivity contribution >= 4 is 23.2 Å². The third kappa shape index (κ3) is 6.24. The number of halogens is 1. The summed E-state index contributed by atoms with van der Waals surface area (Å²) in [7, 11) is 0. The molecule has 7 heteroatoms. The van der Waals surface area contributed by atoms with E-state index in [2.05, 4.69) is 5.32 Å². The molecule has 0 aliphatic heterocycles. The van der Waals surface area contributed by atoms with Gasteiger partial charge in [0, 0.05) is 11.4 Å². The molecule has 26 heavy (non-hydrogen) atoms. The number of rotatable bonds is 9. The van der Waals surface area contributed by atoms with Gasteiger partial charge >= 0.3 is 0 Å². The lowest BCUT2D eigenvalue weighted by Crippen LogP contribution is -2.43. The van der Waals surface area contributed by atoms with Crippen LogP contribution in [0, 0.1) is 11.7 Å². The van der Waals surface area contributed by atoms with Crippen LogP contribution in [0.3, 0.4) is 0 Å². The average Bonchev–Trinajstić information content (AvgIpc) is 3.06. The molecule has 0 aliphatic carbocycles. The molecule has 1 aromatic heterocycles. The van der Waals surface area contributed by atoms with E-state index in [0.29, 0.717) is 12.5 Å². The number of nitrogens with zero attached hydrogens (tertiary/aromatic N) is 1. The largest absolute Gasteiger partial charge is 0.369 e. The van der Waals surface area contributed by atoms with Crippen LogP contribution < -0.4 is 11.1 Å². The van der Waals surface area contributed by atoms with Gasteiger partial charge in [-0.2, -0.15) is 0 Å². The van der Waals surface area contributed by atoms with Gasteiger partial charge in [0.2, 0.25) is 11.8 Å². The second-order valence-electron chi connectivity index (χ2n) is 6.60. The number of nitrogens with two attached hydrogens (primary N) is 1. The monoisotopic (exact) mass is 377 g/mol. The van der Waals surface area contributed by atoms with Crippen LogP contribution in [-0.4, -0.2) is 36.3 Å². The van der Waals surface area contributed by atoms with E-state index < -0.39 is 5.91 Å². The topological polar surface area (TPSA) is 75.4 Å². The zero-order valence-electron chi connectivity index (χ0n) is 14.9. The lowest BCUT2D eigenvalue weighted by atomic mass is 10.1. The molecule has 2 rings (SSSR count). The molecule has 140 valence electrons. The summed E-state index contributed by atoms with van der Waals surface area (Å²) in [5.41, 5.74) is 6.08. The van der Waals surface area contributed by atoms with Crippen LogP contribution in [0.15, 0.2) is 41.8 Å². The molecule has 1 unspecified atom stereocenters. The van der Waals surface area contributed by atoms with Gasteiger partial charge in [-0.15, -0.1) is 11.3 Å². The Balaban J connectivity index is 2.12. The van der Waals surface area contributed by atoms with Crippen LogP contribution in [0.25, 0.3) is 0 Å². The van der Waals surface area contributed by atoms with Crippen LogP contribution in [0.1, 0.15) is 30.3 Å². The van der Waals surface area contributed by atoms with Crippen molar-refractivity contribution in [1.29, 1.82) is 0 Å². The van der Waals surface area contributed by atoms with Crippen molar-refractivity contribution in [2.75, 3.05) is 19.6 Å². The molecule has 0 saturated heterocycles. The first-order chi connectivity index (χ1) is 12.3. The van der Waals surface area contributed by atoms with Gasteiger partial charge in [-0.05, 0) is 35.1 Å². The SMILES string of the molecule is CC(C)CN(CC(N)=O)CC(=O)NC(c1ccc(F)cc1)c1cccs1. The van der Waals surface area contributed by atoms with Crippen molar-refractivity contribution in [2.24, 2.45) is 11.7 Å². The first-order valence-corrected chi connectivity index (χ1v) is 9.32. The number of hydrogen-bond acceptors (Lipinski definition) is 4. The van der Waals surface area contributed by atoms with Crippen molar-refractivity contribution in [3.8, 4) is 0 Å². The molecule has 1 heterocycles. The Morgan fingerprint density at radius 3 is 2.42 bits per heavy atom. The summed E-state index contributed by atoms with van der Waals surface area (Å²) in [5.74, 6) is -0.705. The lowest BCUT2D eigenvalue weighted by molar-refractivity contribution is -0.124. The Bertz CT molecular complexity index is 717. The van der Waals surface area contributed by atoms with E-state index in [0.717, 1.165) is 10.4 Å². The van der Waals surface area contributed by atoms with E-state index in [1.165, 1.54) is 23.5 Å². The molecule has 0 fully saturated rings. The third-order valence-corrected chi connectivity index (χ3v) is 4.64. The first-order valence-electron chi connectivity index (χ1n) is 8.44. The minimum Gasteiger partial charge on any atom is -0.369 e. The highest BCUT2D eigenvalue weighted by atomic mass is 32.1. The van der Waals surface area contributed by atoms with Gasteiger partial charge in [0.25, 0.3) is 0 Å². The summed E-state index contributed by atoms with van der Waals surface area (Å²) in [6.07, 6.45) is 0. The van der Waals surface area contributed by atoms with Gasteiger partial charge in [-0.1, -0.05) is 32.0 Å². The second-order valence-corrected chi connectivity index (χ2v) is 7.58. The first kappa shape index (κ1) is 20.1. The van der Waals surface area contributed by atoms with E-state index in [4.69, 9.17) is 5.73 Å². The molecule has 0 aliphatic rings. The Hall–Kier alpha value is -2.25. The summed E-state index contributed by atoms with van der Waals surface area (Å²) in [5, 5.41) is 4.91. The van der Waals surface area contributed by atoms with E-state index in [-0.39, 0.29) is 30.9 Å². The molecule has 3 N–H and O–H groups in total. The van der Waals surface area contributed by atoms with Crippen molar-refractivity contribution in [3.05, 3.63) is 58.0 Å². The fourth-order valence-electron chi connectivity index (χ4n) is 2.76. The van der Waals surface area contributed by atoms with Gasteiger partial charge in [0.1, 0.15) is 5.82 Å². The lowest BCUT2D eigenvalue weighted by Gasteiger charge is -2.24. The van der Waals surface area contributed by atoms with Crippen LogP contribution in [0.2, 0.25) is 0 Å². The third-order valence-electron chi connectivity index (χ3n) is 3.71. The average molecular weight is 377 g/mol. The van der Waals surface area contributed by atoms with Crippen LogP contribution in [0.4, 0.5) is 4.39 Å².